The number of thioether (sulfide) groups is 1. The average molecular weight is 421 g/mol. The number of nitrogens with zero attached hydrogens (tertiary/aromatic N) is 1. The fraction of sp³-hybridized carbons (Fsp3) is 0.478. The molecule has 3 nitrogen and oxygen atoms in total. The first kappa shape index (κ1) is 24.7. The summed E-state index contributed by atoms with van der Waals surface area (Å²) in [5.74, 6) is 1.23. The second-order valence-corrected chi connectivity index (χ2v) is 8.61. The summed E-state index contributed by atoms with van der Waals surface area (Å²) in [4.78, 5) is 16.6. The predicted octanol–water partition coefficient (Wildman–Crippen LogP) is 6.42. The molecule has 0 aliphatic rings. The van der Waals surface area contributed by atoms with Gasteiger partial charge in [-0.15, -0.1) is 11.8 Å². The number of carbonyl (C=O) groups is 1. The molecule has 0 saturated carbocycles. The highest BCUT2D eigenvalue weighted by Crippen LogP contribution is 2.28. The van der Waals surface area contributed by atoms with Crippen molar-refractivity contribution in [3.63, 3.8) is 0 Å². The summed E-state index contributed by atoms with van der Waals surface area (Å²) in [6, 6.07) is 3.78. The van der Waals surface area contributed by atoms with E-state index in [0.717, 1.165) is 47.3 Å². The molecular weight excluding hydrogens is 388 g/mol. The van der Waals surface area contributed by atoms with Crippen molar-refractivity contribution in [2.45, 2.75) is 52.0 Å². The summed E-state index contributed by atoms with van der Waals surface area (Å²) in [6.45, 7) is 14.1. The Hall–Kier alpha value is -1.36. The van der Waals surface area contributed by atoms with E-state index in [-0.39, 0.29) is 5.78 Å². The minimum absolute atomic E-state index is 0.145. The predicted molar refractivity (Wildman–Crippen MR) is 123 cm³/mol. The third-order valence-corrected chi connectivity index (χ3v) is 5.51. The number of carbonyl (C=O) groups excluding carboxylic acids is 1. The highest BCUT2D eigenvalue weighted by Gasteiger charge is 2.11. The maximum Gasteiger partial charge on any atom is 0.164 e. The zero-order valence-corrected chi connectivity index (χ0v) is 19.1. The average Bonchev–Trinajstić information content (AvgIpc) is 2.65. The molecule has 0 aromatic carbocycles. The summed E-state index contributed by atoms with van der Waals surface area (Å²) >= 11 is 8.13. The molecule has 5 heteroatoms. The molecule has 28 heavy (non-hydrogen) atoms. The number of pyridine rings is 1. The summed E-state index contributed by atoms with van der Waals surface area (Å²) in [7, 11) is 0. The molecule has 154 valence electrons. The smallest absolute Gasteiger partial charge is 0.164 e. The Balaban J connectivity index is 2.80. The first-order valence-electron chi connectivity index (χ1n) is 9.89. The van der Waals surface area contributed by atoms with Gasteiger partial charge in [-0.1, -0.05) is 50.6 Å². The summed E-state index contributed by atoms with van der Waals surface area (Å²) < 4.78 is 0. The quantitative estimate of drug-likeness (QED) is 0.173. The lowest BCUT2D eigenvalue weighted by atomic mass is 10.0. The minimum atomic E-state index is 0.145. The molecule has 0 saturated heterocycles. The monoisotopic (exact) mass is 420 g/mol. The van der Waals surface area contributed by atoms with E-state index in [1.54, 1.807) is 24.0 Å². The first-order chi connectivity index (χ1) is 13.4. The Morgan fingerprint density at radius 2 is 2.11 bits per heavy atom. The normalized spacial score (nSPS) is 12.9. The topological polar surface area (TPSA) is 42.0 Å². The van der Waals surface area contributed by atoms with Crippen LogP contribution in [0.4, 0.5) is 0 Å². The van der Waals surface area contributed by atoms with Crippen LogP contribution in [0.25, 0.3) is 0 Å². The van der Waals surface area contributed by atoms with Gasteiger partial charge in [0.15, 0.2) is 5.78 Å². The SMILES string of the molecule is C=C/C=C(Cl)\C(CSc1ccc(C(=O)CC(C)C)cn1)=C(\C)CCNCCC. The first-order valence-corrected chi connectivity index (χ1v) is 11.2. The molecule has 1 N–H and O–H groups in total. The van der Waals surface area contributed by atoms with Gasteiger partial charge in [-0.05, 0) is 62.6 Å². The van der Waals surface area contributed by atoms with E-state index in [4.69, 9.17) is 11.6 Å². The van der Waals surface area contributed by atoms with E-state index in [2.05, 4.69) is 30.7 Å². The highest BCUT2D eigenvalue weighted by atomic mass is 35.5. The van der Waals surface area contributed by atoms with Crippen LogP contribution in [0.5, 0.6) is 0 Å². The largest absolute Gasteiger partial charge is 0.316 e. The Morgan fingerprint density at radius 1 is 1.36 bits per heavy atom. The van der Waals surface area contributed by atoms with Crippen LogP contribution >= 0.6 is 23.4 Å². The Labute approximate surface area is 179 Å². The number of nitrogens with one attached hydrogen (secondary N) is 1. The summed E-state index contributed by atoms with van der Waals surface area (Å²) in [6.07, 6.45) is 7.86. The summed E-state index contributed by atoms with van der Waals surface area (Å²) in [5, 5.41) is 5.04. The molecule has 0 bridgehead atoms. The van der Waals surface area contributed by atoms with Crippen LogP contribution in [0.2, 0.25) is 0 Å². The van der Waals surface area contributed by atoms with Crippen LogP contribution in [0.15, 0.2) is 58.3 Å². The molecule has 0 aliphatic carbocycles. The number of Topliss-reactive ketones (excluding diaryl/α,β-unsaturated/α-hetero) is 1. The Kier molecular flexibility index (Phi) is 12.1. The van der Waals surface area contributed by atoms with Crippen molar-refractivity contribution in [3.8, 4) is 0 Å². The van der Waals surface area contributed by atoms with Gasteiger partial charge in [-0.25, -0.2) is 4.98 Å². The fourth-order valence-corrected chi connectivity index (χ4v) is 3.98. The molecule has 1 heterocycles. The van der Waals surface area contributed by atoms with Gasteiger partial charge in [0.2, 0.25) is 0 Å². The lowest BCUT2D eigenvalue weighted by Crippen LogP contribution is -2.16. The van der Waals surface area contributed by atoms with Gasteiger partial charge in [0, 0.05) is 29.0 Å². The third-order valence-electron chi connectivity index (χ3n) is 4.19. The van der Waals surface area contributed by atoms with Crippen LogP contribution in [-0.4, -0.2) is 29.6 Å². The van der Waals surface area contributed by atoms with Crippen LogP contribution in [0.3, 0.4) is 0 Å². The van der Waals surface area contributed by atoms with E-state index < -0.39 is 0 Å². The van der Waals surface area contributed by atoms with E-state index in [1.807, 2.05) is 32.1 Å². The minimum Gasteiger partial charge on any atom is -0.316 e. The number of aromatic nitrogens is 1. The molecule has 0 atom stereocenters. The Bertz CT molecular complexity index is 693. The van der Waals surface area contributed by atoms with Crippen molar-refractivity contribution >= 4 is 29.1 Å². The Morgan fingerprint density at radius 3 is 2.68 bits per heavy atom. The van der Waals surface area contributed by atoms with Gasteiger partial charge in [-0.3, -0.25) is 4.79 Å². The molecule has 0 amide bonds. The highest BCUT2D eigenvalue weighted by molar-refractivity contribution is 7.99. The van der Waals surface area contributed by atoms with Crippen LogP contribution in [0.1, 0.15) is 57.3 Å². The van der Waals surface area contributed by atoms with Crippen molar-refractivity contribution in [2.24, 2.45) is 5.92 Å². The molecule has 0 radical (unpaired) electrons. The molecule has 0 fully saturated rings. The van der Waals surface area contributed by atoms with Crippen molar-refractivity contribution in [1.29, 1.82) is 0 Å². The maximum absolute atomic E-state index is 12.1. The van der Waals surface area contributed by atoms with Crippen molar-refractivity contribution in [2.75, 3.05) is 18.8 Å². The summed E-state index contributed by atoms with van der Waals surface area (Å²) in [5.41, 5.74) is 3.06. The molecular formula is C23H33ClN2OS. The van der Waals surface area contributed by atoms with Crippen molar-refractivity contribution in [1.82, 2.24) is 10.3 Å². The molecule has 1 aromatic heterocycles. The number of hydrogen-bond donors (Lipinski definition) is 1. The van der Waals surface area contributed by atoms with Crippen molar-refractivity contribution in [3.05, 3.63) is 58.8 Å². The molecule has 1 rings (SSSR count). The molecule has 1 aromatic rings. The van der Waals surface area contributed by atoms with Crippen LogP contribution < -0.4 is 5.32 Å². The van der Waals surface area contributed by atoms with E-state index in [0.29, 0.717) is 17.9 Å². The van der Waals surface area contributed by atoms with Crippen LogP contribution in [-0.2, 0) is 0 Å². The maximum atomic E-state index is 12.1. The number of ketones is 1. The molecule has 0 spiro atoms. The van der Waals surface area contributed by atoms with Gasteiger partial charge in [0.05, 0.1) is 5.03 Å². The number of allylic oxidation sites excluding steroid dienone is 3. The number of hydrogen-bond acceptors (Lipinski definition) is 4. The van der Waals surface area contributed by atoms with Gasteiger partial charge in [-0.2, -0.15) is 0 Å². The number of rotatable bonds is 13. The van der Waals surface area contributed by atoms with E-state index >= 15 is 0 Å². The van der Waals surface area contributed by atoms with E-state index in [9.17, 15) is 4.79 Å². The lowest BCUT2D eigenvalue weighted by molar-refractivity contribution is 0.0967. The van der Waals surface area contributed by atoms with Gasteiger partial charge in [0.25, 0.3) is 0 Å². The van der Waals surface area contributed by atoms with Gasteiger partial charge >= 0.3 is 0 Å². The number of halogens is 1. The van der Waals surface area contributed by atoms with E-state index in [1.165, 1.54) is 5.57 Å². The zero-order chi connectivity index (χ0) is 20.9. The molecule has 0 unspecified atom stereocenters. The van der Waals surface area contributed by atoms with Gasteiger partial charge < -0.3 is 5.32 Å². The van der Waals surface area contributed by atoms with Gasteiger partial charge in [0.1, 0.15) is 0 Å². The lowest BCUT2D eigenvalue weighted by Gasteiger charge is -2.12. The zero-order valence-electron chi connectivity index (χ0n) is 17.6. The standard InChI is InChI=1S/C23H33ClN2OS/c1-6-8-21(24)20(18(5)11-13-25-12-7-2)16-28-23-10-9-19(15-26-23)22(27)14-17(3)4/h6,8-10,15,17,25H,1,7,11-14,16H2,2-5H3/b20-18-,21-8+. The van der Waals surface area contributed by atoms with Crippen molar-refractivity contribution < 1.29 is 4.79 Å². The second kappa shape index (κ2) is 13.8. The van der Waals surface area contributed by atoms with Crippen LogP contribution in [0, 0.1) is 5.92 Å². The third kappa shape index (κ3) is 9.22. The molecule has 0 aliphatic heterocycles. The second-order valence-electron chi connectivity index (χ2n) is 7.20. The fourth-order valence-electron chi connectivity index (χ4n) is 2.59.